The number of imide groups is 1. The summed E-state index contributed by atoms with van der Waals surface area (Å²) >= 11 is 0. The monoisotopic (exact) mass is 449 g/mol. The van der Waals surface area contributed by atoms with E-state index in [0.717, 1.165) is 10.5 Å². The highest BCUT2D eigenvalue weighted by Crippen LogP contribution is 2.27. The third-order valence-corrected chi connectivity index (χ3v) is 6.14. The van der Waals surface area contributed by atoms with Gasteiger partial charge in [-0.3, -0.25) is 24.1 Å². The van der Waals surface area contributed by atoms with Crippen LogP contribution in [0.3, 0.4) is 0 Å². The van der Waals surface area contributed by atoms with Crippen LogP contribution in [0, 0.1) is 0 Å². The Kier molecular flexibility index (Phi) is 6.84. The number of methoxy groups -OCH3 is 1. The van der Waals surface area contributed by atoms with Gasteiger partial charge in [0.1, 0.15) is 12.6 Å². The molecule has 8 heteroatoms. The zero-order chi connectivity index (χ0) is 23.4. The van der Waals surface area contributed by atoms with Gasteiger partial charge in [-0.25, -0.2) is 0 Å². The second-order valence-corrected chi connectivity index (χ2v) is 8.33. The van der Waals surface area contributed by atoms with Gasteiger partial charge in [0.05, 0.1) is 11.1 Å². The number of benzene rings is 2. The first kappa shape index (κ1) is 22.7. The lowest BCUT2D eigenvalue weighted by Crippen LogP contribution is -2.55. The predicted molar refractivity (Wildman–Crippen MR) is 120 cm³/mol. The molecule has 172 valence electrons. The summed E-state index contributed by atoms with van der Waals surface area (Å²) in [5.74, 6) is -1.32. The van der Waals surface area contributed by atoms with Crippen molar-refractivity contribution in [1.82, 2.24) is 15.1 Å². The maximum absolute atomic E-state index is 13.6. The molecule has 2 aliphatic rings. The van der Waals surface area contributed by atoms with E-state index in [-0.39, 0.29) is 30.9 Å². The number of amides is 4. The van der Waals surface area contributed by atoms with Crippen molar-refractivity contribution in [2.75, 3.05) is 26.8 Å². The third kappa shape index (κ3) is 4.80. The van der Waals surface area contributed by atoms with Gasteiger partial charge < -0.3 is 15.0 Å². The first-order valence-corrected chi connectivity index (χ1v) is 11.1. The molecule has 2 heterocycles. The molecule has 0 saturated carbocycles. The van der Waals surface area contributed by atoms with Crippen LogP contribution in [0.25, 0.3) is 0 Å². The average molecular weight is 450 g/mol. The van der Waals surface area contributed by atoms with Crippen molar-refractivity contribution in [2.45, 2.75) is 31.3 Å². The second kappa shape index (κ2) is 9.95. The summed E-state index contributed by atoms with van der Waals surface area (Å²) in [7, 11) is 1.47. The van der Waals surface area contributed by atoms with E-state index in [4.69, 9.17) is 4.74 Å². The first-order chi connectivity index (χ1) is 16.0. The van der Waals surface area contributed by atoms with E-state index in [9.17, 15) is 19.2 Å². The average Bonchev–Trinajstić information content (AvgIpc) is 3.08. The molecule has 2 aliphatic heterocycles. The fourth-order valence-corrected chi connectivity index (χ4v) is 4.47. The zero-order valence-electron chi connectivity index (χ0n) is 18.5. The number of ether oxygens (including phenoxy) is 1. The van der Waals surface area contributed by atoms with E-state index in [1.54, 1.807) is 29.2 Å². The van der Waals surface area contributed by atoms with Gasteiger partial charge in [-0.05, 0) is 30.5 Å². The molecule has 4 amide bonds. The standard InChI is InChI=1S/C25H27N3O5/c1-33-16-22(29)26-18-11-13-27(14-12-18)25(32)21(15-17-7-3-2-4-8-17)28-23(30)19-9-5-6-10-20(19)24(28)31/h2-10,18,21H,11-16H2,1H3,(H,26,29). The van der Waals surface area contributed by atoms with Gasteiger partial charge in [-0.15, -0.1) is 0 Å². The number of fused-ring (bicyclic) bond motifs is 1. The predicted octanol–water partition coefficient (Wildman–Crippen LogP) is 1.65. The van der Waals surface area contributed by atoms with Crippen LogP contribution in [-0.4, -0.2) is 72.3 Å². The van der Waals surface area contributed by atoms with Gasteiger partial charge in [-0.2, -0.15) is 0 Å². The zero-order valence-corrected chi connectivity index (χ0v) is 18.5. The highest BCUT2D eigenvalue weighted by Gasteiger charge is 2.44. The van der Waals surface area contributed by atoms with Crippen molar-refractivity contribution in [3.8, 4) is 0 Å². The number of carbonyl (C=O) groups is 4. The fraction of sp³-hybridized carbons (Fsp3) is 0.360. The molecule has 0 bridgehead atoms. The van der Waals surface area contributed by atoms with Crippen LogP contribution in [0.1, 0.15) is 39.1 Å². The lowest BCUT2D eigenvalue weighted by Gasteiger charge is -2.36. The van der Waals surface area contributed by atoms with Gasteiger partial charge in [0.25, 0.3) is 11.8 Å². The van der Waals surface area contributed by atoms with E-state index in [2.05, 4.69) is 5.32 Å². The molecule has 33 heavy (non-hydrogen) atoms. The Morgan fingerprint density at radius 1 is 0.970 bits per heavy atom. The number of nitrogens with zero attached hydrogens (tertiary/aromatic N) is 2. The molecule has 8 nitrogen and oxygen atoms in total. The highest BCUT2D eigenvalue weighted by atomic mass is 16.5. The Labute approximate surface area is 192 Å². The van der Waals surface area contributed by atoms with E-state index < -0.39 is 17.9 Å². The van der Waals surface area contributed by atoms with E-state index in [0.29, 0.717) is 37.1 Å². The van der Waals surface area contributed by atoms with Crippen LogP contribution in [0.5, 0.6) is 0 Å². The summed E-state index contributed by atoms with van der Waals surface area (Å²) in [6.07, 6.45) is 1.44. The minimum Gasteiger partial charge on any atom is -0.375 e. The number of piperidine rings is 1. The van der Waals surface area contributed by atoms with Crippen LogP contribution in [0.15, 0.2) is 54.6 Å². The Morgan fingerprint density at radius 3 is 2.12 bits per heavy atom. The molecule has 1 unspecified atom stereocenters. The van der Waals surface area contributed by atoms with Crippen LogP contribution >= 0.6 is 0 Å². The van der Waals surface area contributed by atoms with Crippen LogP contribution in [-0.2, 0) is 20.7 Å². The largest absolute Gasteiger partial charge is 0.375 e. The summed E-state index contributed by atoms with van der Waals surface area (Å²) < 4.78 is 4.85. The summed E-state index contributed by atoms with van der Waals surface area (Å²) in [5.41, 5.74) is 1.52. The summed E-state index contributed by atoms with van der Waals surface area (Å²) in [5, 5.41) is 2.91. The maximum Gasteiger partial charge on any atom is 0.262 e. The van der Waals surface area contributed by atoms with Gasteiger partial charge >= 0.3 is 0 Å². The summed E-state index contributed by atoms with van der Waals surface area (Å²) in [4.78, 5) is 54.5. The summed E-state index contributed by atoms with van der Waals surface area (Å²) in [6, 6.07) is 15.1. The number of likely N-dealkylation sites (tertiary alicyclic amines) is 1. The number of nitrogens with one attached hydrogen (secondary N) is 1. The van der Waals surface area contributed by atoms with Crippen molar-refractivity contribution in [2.24, 2.45) is 0 Å². The van der Waals surface area contributed by atoms with Crippen LogP contribution < -0.4 is 5.32 Å². The number of hydrogen-bond donors (Lipinski definition) is 1. The van der Waals surface area contributed by atoms with Gasteiger partial charge in [0, 0.05) is 32.7 Å². The Balaban J connectivity index is 1.53. The maximum atomic E-state index is 13.6. The van der Waals surface area contributed by atoms with Crippen LogP contribution in [0.4, 0.5) is 0 Å². The van der Waals surface area contributed by atoms with Gasteiger partial charge in [-0.1, -0.05) is 42.5 Å². The van der Waals surface area contributed by atoms with Gasteiger partial charge in [0.15, 0.2) is 0 Å². The van der Waals surface area contributed by atoms with Crippen molar-refractivity contribution in [1.29, 1.82) is 0 Å². The molecular weight excluding hydrogens is 422 g/mol. The van der Waals surface area contributed by atoms with Crippen molar-refractivity contribution in [3.63, 3.8) is 0 Å². The normalized spacial score (nSPS) is 17.1. The Bertz CT molecular complexity index is 1010. The molecule has 1 saturated heterocycles. The van der Waals surface area contributed by atoms with Crippen molar-refractivity contribution >= 4 is 23.6 Å². The fourth-order valence-electron chi connectivity index (χ4n) is 4.47. The molecule has 0 aliphatic carbocycles. The minimum atomic E-state index is -0.931. The Hall–Kier alpha value is -3.52. The molecule has 1 fully saturated rings. The molecule has 2 aromatic carbocycles. The minimum absolute atomic E-state index is 0.00195. The molecule has 4 rings (SSSR count). The molecule has 1 N–H and O–H groups in total. The molecule has 0 aromatic heterocycles. The molecule has 1 atom stereocenters. The van der Waals surface area contributed by atoms with Gasteiger partial charge in [0.2, 0.25) is 11.8 Å². The van der Waals surface area contributed by atoms with E-state index in [1.807, 2.05) is 30.3 Å². The Morgan fingerprint density at radius 2 is 1.55 bits per heavy atom. The molecule has 0 radical (unpaired) electrons. The number of carbonyl (C=O) groups excluding carboxylic acids is 4. The van der Waals surface area contributed by atoms with E-state index in [1.165, 1.54) is 7.11 Å². The van der Waals surface area contributed by atoms with Crippen molar-refractivity contribution < 1.29 is 23.9 Å². The molecular formula is C25H27N3O5. The molecule has 2 aromatic rings. The quantitative estimate of drug-likeness (QED) is 0.649. The lowest BCUT2D eigenvalue weighted by atomic mass is 10.00. The summed E-state index contributed by atoms with van der Waals surface area (Å²) in [6.45, 7) is 0.870. The topological polar surface area (TPSA) is 96.0 Å². The smallest absolute Gasteiger partial charge is 0.262 e. The second-order valence-electron chi connectivity index (χ2n) is 8.33. The van der Waals surface area contributed by atoms with Crippen LogP contribution in [0.2, 0.25) is 0 Å². The van der Waals surface area contributed by atoms with E-state index >= 15 is 0 Å². The number of rotatable bonds is 7. The third-order valence-electron chi connectivity index (χ3n) is 6.14. The molecule has 0 spiro atoms. The van der Waals surface area contributed by atoms with Crippen molar-refractivity contribution in [3.05, 3.63) is 71.3 Å². The highest BCUT2D eigenvalue weighted by molar-refractivity contribution is 6.22. The lowest BCUT2D eigenvalue weighted by molar-refractivity contribution is -0.136. The first-order valence-electron chi connectivity index (χ1n) is 11.1. The SMILES string of the molecule is COCC(=O)NC1CCN(C(=O)C(Cc2ccccc2)N2C(=O)c3ccccc3C2=O)CC1. The number of hydrogen-bond acceptors (Lipinski definition) is 5.